The van der Waals surface area contributed by atoms with Crippen LogP contribution in [0.2, 0.25) is 0 Å². The molecule has 124 valence electrons. The summed E-state index contributed by atoms with van der Waals surface area (Å²) in [5.74, 6) is 0.726. The van der Waals surface area contributed by atoms with Crippen LogP contribution in [0.15, 0.2) is 23.0 Å². The summed E-state index contributed by atoms with van der Waals surface area (Å²) in [4.78, 5) is 20.9. The van der Waals surface area contributed by atoms with Crippen molar-refractivity contribution in [3.8, 4) is 0 Å². The van der Waals surface area contributed by atoms with Crippen LogP contribution in [0.25, 0.3) is 10.9 Å². The summed E-state index contributed by atoms with van der Waals surface area (Å²) in [5.41, 5.74) is 4.08. The van der Waals surface area contributed by atoms with Gasteiger partial charge in [-0.2, -0.15) is 0 Å². The monoisotopic (exact) mass is 313 g/mol. The van der Waals surface area contributed by atoms with Gasteiger partial charge in [-0.15, -0.1) is 0 Å². The molecule has 2 aromatic rings. The van der Waals surface area contributed by atoms with Gasteiger partial charge in [0, 0.05) is 55.0 Å². The van der Waals surface area contributed by atoms with E-state index in [1.54, 1.807) is 0 Å². The van der Waals surface area contributed by atoms with E-state index in [-0.39, 0.29) is 5.43 Å². The highest BCUT2D eigenvalue weighted by Gasteiger charge is 2.19. The molecule has 1 fully saturated rings. The third-order valence-corrected chi connectivity index (χ3v) is 4.94. The first kappa shape index (κ1) is 16.1. The van der Waals surface area contributed by atoms with Crippen LogP contribution < -0.4 is 10.3 Å². The number of nitrogens with one attached hydrogen (secondary N) is 1. The minimum atomic E-state index is 0.179. The number of fused-ring (bicyclic) bond motifs is 1. The van der Waals surface area contributed by atoms with Crippen molar-refractivity contribution in [1.82, 2.24) is 9.88 Å². The molecule has 1 aromatic heterocycles. The molecule has 0 amide bonds. The maximum Gasteiger partial charge on any atom is 0.194 e. The van der Waals surface area contributed by atoms with E-state index in [2.05, 4.69) is 16.8 Å². The van der Waals surface area contributed by atoms with Crippen LogP contribution in [0.5, 0.6) is 0 Å². The SMILES string of the molecule is Cc1[nH]c2ccc(N(C)C)cc2c(=O)c1CN1CCC[C@@H](C)C1. The van der Waals surface area contributed by atoms with Gasteiger partial charge in [-0.3, -0.25) is 9.69 Å². The molecule has 0 spiro atoms. The predicted molar refractivity (Wildman–Crippen MR) is 97.3 cm³/mol. The number of hydrogen-bond acceptors (Lipinski definition) is 3. The molecule has 1 aliphatic rings. The highest BCUT2D eigenvalue weighted by atomic mass is 16.1. The van der Waals surface area contributed by atoms with Crippen LogP contribution >= 0.6 is 0 Å². The normalized spacial score (nSPS) is 19.2. The van der Waals surface area contributed by atoms with E-state index in [4.69, 9.17) is 0 Å². The van der Waals surface area contributed by atoms with Crippen molar-refractivity contribution in [1.29, 1.82) is 0 Å². The van der Waals surface area contributed by atoms with E-state index in [0.29, 0.717) is 0 Å². The van der Waals surface area contributed by atoms with E-state index in [0.717, 1.165) is 53.4 Å². The summed E-state index contributed by atoms with van der Waals surface area (Å²) in [7, 11) is 4.00. The summed E-state index contributed by atoms with van der Waals surface area (Å²) >= 11 is 0. The van der Waals surface area contributed by atoms with Crippen molar-refractivity contribution in [3.05, 3.63) is 39.7 Å². The van der Waals surface area contributed by atoms with E-state index in [1.165, 1.54) is 12.8 Å². The Morgan fingerprint density at radius 2 is 2.13 bits per heavy atom. The summed E-state index contributed by atoms with van der Waals surface area (Å²) < 4.78 is 0. The number of H-pyrrole nitrogens is 1. The Labute approximate surface area is 138 Å². The number of likely N-dealkylation sites (tertiary alicyclic amines) is 1. The molecule has 0 aliphatic carbocycles. The molecule has 0 unspecified atom stereocenters. The first-order valence-corrected chi connectivity index (χ1v) is 8.51. The van der Waals surface area contributed by atoms with Crippen molar-refractivity contribution < 1.29 is 0 Å². The molecule has 1 N–H and O–H groups in total. The zero-order valence-electron chi connectivity index (χ0n) is 14.6. The van der Waals surface area contributed by atoms with Gasteiger partial charge in [0.25, 0.3) is 0 Å². The zero-order chi connectivity index (χ0) is 16.6. The van der Waals surface area contributed by atoms with Crippen molar-refractivity contribution in [2.24, 2.45) is 5.92 Å². The number of rotatable bonds is 3. The van der Waals surface area contributed by atoms with Crippen molar-refractivity contribution >= 4 is 16.6 Å². The van der Waals surface area contributed by atoms with Crippen molar-refractivity contribution in [2.75, 3.05) is 32.1 Å². The third kappa shape index (κ3) is 3.27. The number of anilines is 1. The number of aromatic nitrogens is 1. The summed E-state index contributed by atoms with van der Waals surface area (Å²) in [6.07, 6.45) is 2.53. The molecule has 23 heavy (non-hydrogen) atoms. The molecule has 1 atom stereocenters. The van der Waals surface area contributed by atoms with Gasteiger partial charge in [-0.25, -0.2) is 0 Å². The Kier molecular flexibility index (Phi) is 4.44. The van der Waals surface area contributed by atoms with Crippen molar-refractivity contribution in [2.45, 2.75) is 33.2 Å². The second kappa shape index (κ2) is 6.36. The third-order valence-electron chi connectivity index (χ3n) is 4.94. The molecule has 1 saturated heterocycles. The lowest BCUT2D eigenvalue weighted by molar-refractivity contribution is 0.176. The maximum atomic E-state index is 13.0. The second-order valence-electron chi connectivity index (χ2n) is 7.16. The Balaban J connectivity index is 2.00. The number of hydrogen-bond donors (Lipinski definition) is 1. The standard InChI is InChI=1S/C19H27N3O/c1-13-6-5-9-22(11-13)12-17-14(2)20-18-8-7-15(21(3)4)10-16(18)19(17)23/h7-8,10,13H,5-6,9,11-12H2,1-4H3,(H,20,23)/t13-/m1/s1. The number of pyridine rings is 1. The molecule has 0 bridgehead atoms. The molecule has 3 rings (SSSR count). The van der Waals surface area contributed by atoms with Gasteiger partial charge in [0.1, 0.15) is 0 Å². The molecular formula is C19H27N3O. The van der Waals surface area contributed by atoms with Gasteiger partial charge < -0.3 is 9.88 Å². The fourth-order valence-electron chi connectivity index (χ4n) is 3.56. The molecule has 0 radical (unpaired) electrons. The molecule has 2 heterocycles. The zero-order valence-corrected chi connectivity index (χ0v) is 14.6. The summed E-state index contributed by atoms with van der Waals surface area (Å²) in [5, 5.41) is 0.793. The van der Waals surface area contributed by atoms with Crippen LogP contribution in [0.3, 0.4) is 0 Å². The molecule has 0 saturated carbocycles. The number of piperidine rings is 1. The van der Waals surface area contributed by atoms with Crippen molar-refractivity contribution in [3.63, 3.8) is 0 Å². The Morgan fingerprint density at radius 3 is 2.83 bits per heavy atom. The van der Waals surface area contributed by atoms with Gasteiger partial charge >= 0.3 is 0 Å². The maximum absolute atomic E-state index is 13.0. The average molecular weight is 313 g/mol. The first-order valence-electron chi connectivity index (χ1n) is 8.51. The lowest BCUT2D eigenvalue weighted by Gasteiger charge is -2.31. The number of nitrogens with zero attached hydrogens (tertiary/aromatic N) is 2. The fraction of sp³-hybridized carbons (Fsp3) is 0.526. The minimum Gasteiger partial charge on any atom is -0.378 e. The Bertz CT molecular complexity index is 763. The van der Waals surface area contributed by atoms with E-state index >= 15 is 0 Å². The summed E-state index contributed by atoms with van der Waals surface area (Å²) in [6, 6.07) is 6.05. The van der Waals surface area contributed by atoms with Gasteiger partial charge in [0.15, 0.2) is 5.43 Å². The van der Waals surface area contributed by atoms with E-state index in [1.807, 2.05) is 44.1 Å². The van der Waals surface area contributed by atoms with E-state index in [9.17, 15) is 4.79 Å². The molecule has 4 nitrogen and oxygen atoms in total. The Hall–Kier alpha value is -1.81. The van der Waals surface area contributed by atoms with Gasteiger partial charge in [0.05, 0.1) is 0 Å². The molecule has 4 heteroatoms. The number of aryl methyl sites for hydroxylation is 1. The predicted octanol–water partition coefficient (Wildman–Crippen LogP) is 3.13. The van der Waals surface area contributed by atoms with Gasteiger partial charge in [-0.05, 0) is 50.4 Å². The first-order chi connectivity index (χ1) is 11.0. The highest BCUT2D eigenvalue weighted by molar-refractivity contribution is 5.83. The molecular weight excluding hydrogens is 286 g/mol. The fourth-order valence-corrected chi connectivity index (χ4v) is 3.56. The van der Waals surface area contributed by atoms with Crippen LogP contribution in [0.1, 0.15) is 31.0 Å². The average Bonchev–Trinajstić information content (AvgIpc) is 2.51. The number of benzene rings is 1. The van der Waals surface area contributed by atoms with Crippen LogP contribution in [0.4, 0.5) is 5.69 Å². The summed E-state index contributed by atoms with van der Waals surface area (Å²) in [6.45, 7) is 7.26. The van der Waals surface area contributed by atoms with E-state index < -0.39 is 0 Å². The van der Waals surface area contributed by atoms with Crippen LogP contribution in [-0.2, 0) is 6.54 Å². The Morgan fingerprint density at radius 1 is 1.35 bits per heavy atom. The van der Waals surface area contributed by atoms with Crippen LogP contribution in [-0.4, -0.2) is 37.1 Å². The lowest BCUT2D eigenvalue weighted by atomic mass is 9.99. The smallest absolute Gasteiger partial charge is 0.194 e. The topological polar surface area (TPSA) is 39.3 Å². The number of aromatic amines is 1. The lowest BCUT2D eigenvalue weighted by Crippen LogP contribution is -2.35. The highest BCUT2D eigenvalue weighted by Crippen LogP contribution is 2.21. The quantitative estimate of drug-likeness (QED) is 0.946. The largest absolute Gasteiger partial charge is 0.378 e. The molecule has 1 aromatic carbocycles. The minimum absolute atomic E-state index is 0.179. The van der Waals surface area contributed by atoms with Crippen LogP contribution in [0, 0.1) is 12.8 Å². The second-order valence-corrected chi connectivity index (χ2v) is 7.16. The van der Waals surface area contributed by atoms with Gasteiger partial charge in [-0.1, -0.05) is 6.92 Å². The molecule has 1 aliphatic heterocycles. The van der Waals surface area contributed by atoms with Gasteiger partial charge in [0.2, 0.25) is 0 Å².